The zero-order valence-corrected chi connectivity index (χ0v) is 11.9. The Labute approximate surface area is 122 Å². The van der Waals surface area contributed by atoms with Crippen LogP contribution in [0.1, 0.15) is 19.8 Å². The fraction of sp³-hybridized carbons (Fsp3) is 0.467. The van der Waals surface area contributed by atoms with Crippen molar-refractivity contribution < 1.29 is 19.1 Å². The van der Waals surface area contributed by atoms with E-state index in [2.05, 4.69) is 5.32 Å². The van der Waals surface area contributed by atoms with E-state index in [4.69, 9.17) is 5.11 Å². The van der Waals surface area contributed by atoms with Gasteiger partial charge in [0.1, 0.15) is 11.7 Å². The van der Waals surface area contributed by atoms with E-state index in [1.54, 1.807) is 17.0 Å². The van der Waals surface area contributed by atoms with Gasteiger partial charge >= 0.3 is 5.97 Å². The van der Waals surface area contributed by atoms with Crippen LogP contribution >= 0.6 is 0 Å². The summed E-state index contributed by atoms with van der Waals surface area (Å²) in [5, 5.41) is 12.2. The van der Waals surface area contributed by atoms with Gasteiger partial charge in [-0.25, -0.2) is 4.39 Å². The maximum atomic E-state index is 12.8. The average Bonchev–Trinajstić information content (AvgIpc) is 2.49. The number of hydrogen-bond donors (Lipinski definition) is 2. The number of nitrogens with zero attached hydrogens (tertiary/aromatic N) is 1. The molecule has 1 aromatic rings. The second kappa shape index (κ2) is 6.56. The van der Waals surface area contributed by atoms with Crippen molar-refractivity contribution >= 4 is 17.6 Å². The molecular weight excluding hydrogens is 275 g/mol. The summed E-state index contributed by atoms with van der Waals surface area (Å²) >= 11 is 0. The van der Waals surface area contributed by atoms with Crippen molar-refractivity contribution in [2.45, 2.75) is 25.8 Å². The largest absolute Gasteiger partial charge is 0.481 e. The van der Waals surface area contributed by atoms with Crippen LogP contribution in [0.25, 0.3) is 0 Å². The first kappa shape index (κ1) is 15.3. The van der Waals surface area contributed by atoms with Crippen LogP contribution in [0.5, 0.6) is 0 Å². The highest BCUT2D eigenvalue weighted by molar-refractivity contribution is 5.96. The average molecular weight is 294 g/mol. The fourth-order valence-corrected chi connectivity index (χ4v) is 2.41. The summed E-state index contributed by atoms with van der Waals surface area (Å²) in [6.07, 6.45) is 1.49. The lowest BCUT2D eigenvalue weighted by Gasteiger charge is -2.33. The fourth-order valence-electron chi connectivity index (χ4n) is 2.41. The van der Waals surface area contributed by atoms with Gasteiger partial charge in [-0.2, -0.15) is 0 Å². The molecule has 6 heteroatoms. The topological polar surface area (TPSA) is 69.6 Å². The molecule has 1 atom stereocenters. The van der Waals surface area contributed by atoms with Gasteiger partial charge in [0.05, 0.1) is 0 Å². The minimum absolute atomic E-state index is 0.208. The molecule has 1 amide bonds. The number of carboxylic acid groups (broad SMARTS) is 1. The second-order valence-corrected chi connectivity index (χ2v) is 5.31. The minimum atomic E-state index is -1.09. The number of amides is 1. The highest BCUT2D eigenvalue weighted by Crippen LogP contribution is 2.18. The summed E-state index contributed by atoms with van der Waals surface area (Å²) in [7, 11) is 0. The highest BCUT2D eigenvalue weighted by atomic mass is 19.1. The van der Waals surface area contributed by atoms with Gasteiger partial charge in [0, 0.05) is 24.8 Å². The molecular formula is C15H19FN2O3. The van der Waals surface area contributed by atoms with Crippen molar-refractivity contribution in [2.24, 2.45) is 5.92 Å². The lowest BCUT2D eigenvalue weighted by molar-refractivity contribution is -0.150. The monoisotopic (exact) mass is 294 g/mol. The van der Waals surface area contributed by atoms with Crippen molar-refractivity contribution in [3.05, 3.63) is 30.1 Å². The van der Waals surface area contributed by atoms with Gasteiger partial charge in [0.25, 0.3) is 0 Å². The maximum absolute atomic E-state index is 12.8. The van der Waals surface area contributed by atoms with Crippen LogP contribution in [-0.4, -0.2) is 41.0 Å². The number of likely N-dealkylation sites (tertiary alicyclic amines) is 1. The van der Waals surface area contributed by atoms with Crippen LogP contribution in [0, 0.1) is 11.7 Å². The lowest BCUT2D eigenvalue weighted by atomic mass is 10.0. The number of halogens is 1. The van der Waals surface area contributed by atoms with Crippen molar-refractivity contribution in [1.29, 1.82) is 0 Å². The molecule has 1 aliphatic rings. The number of hydrogen-bond acceptors (Lipinski definition) is 3. The first-order valence-corrected chi connectivity index (χ1v) is 7.01. The molecule has 0 aromatic heterocycles. The van der Waals surface area contributed by atoms with Gasteiger partial charge in [-0.1, -0.05) is 0 Å². The van der Waals surface area contributed by atoms with Crippen LogP contribution in [0.3, 0.4) is 0 Å². The molecule has 1 aromatic carbocycles. The third-order valence-corrected chi connectivity index (χ3v) is 3.76. The zero-order chi connectivity index (χ0) is 15.4. The molecule has 1 fully saturated rings. The summed E-state index contributed by atoms with van der Waals surface area (Å²) in [6.45, 7) is 2.48. The molecule has 0 radical (unpaired) electrons. The minimum Gasteiger partial charge on any atom is -0.481 e. The summed E-state index contributed by atoms with van der Waals surface area (Å²) in [4.78, 5) is 24.3. The van der Waals surface area contributed by atoms with Gasteiger partial charge in [-0.15, -0.1) is 0 Å². The molecule has 1 aliphatic heterocycles. The van der Waals surface area contributed by atoms with E-state index in [1.165, 1.54) is 19.1 Å². The normalized spacial score (nSPS) is 17.3. The van der Waals surface area contributed by atoms with E-state index >= 15 is 0 Å². The molecule has 0 bridgehead atoms. The maximum Gasteiger partial charge on any atom is 0.315 e. The van der Waals surface area contributed by atoms with Gasteiger partial charge in [-0.05, 0) is 44.0 Å². The van der Waals surface area contributed by atoms with E-state index in [0.717, 1.165) is 18.5 Å². The van der Waals surface area contributed by atoms with Gasteiger partial charge < -0.3 is 15.3 Å². The number of carbonyl (C=O) groups is 2. The zero-order valence-electron chi connectivity index (χ0n) is 11.9. The third kappa shape index (κ3) is 3.93. The van der Waals surface area contributed by atoms with Crippen molar-refractivity contribution in [1.82, 2.24) is 4.90 Å². The molecule has 2 N–H and O–H groups in total. The summed E-state index contributed by atoms with van der Waals surface area (Å²) in [5.74, 6) is -2.69. The van der Waals surface area contributed by atoms with Gasteiger partial charge in [0.15, 0.2) is 0 Å². The Kier molecular flexibility index (Phi) is 4.77. The third-order valence-electron chi connectivity index (χ3n) is 3.76. The molecule has 1 saturated heterocycles. The van der Waals surface area contributed by atoms with Crippen molar-refractivity contribution in [3.63, 3.8) is 0 Å². The first-order valence-electron chi connectivity index (χ1n) is 7.01. The highest BCUT2D eigenvalue weighted by Gasteiger charge is 2.29. The Hall–Kier alpha value is -2.11. The van der Waals surface area contributed by atoms with E-state index in [0.29, 0.717) is 13.1 Å². The quantitative estimate of drug-likeness (QED) is 0.833. The van der Waals surface area contributed by atoms with Crippen LogP contribution in [0.2, 0.25) is 0 Å². The number of nitrogens with one attached hydrogen (secondary N) is 1. The second-order valence-electron chi connectivity index (χ2n) is 5.31. The van der Waals surface area contributed by atoms with Crippen molar-refractivity contribution in [3.8, 4) is 0 Å². The Bertz CT molecular complexity index is 510. The predicted molar refractivity (Wildman–Crippen MR) is 76.4 cm³/mol. The number of benzene rings is 1. The number of rotatable bonds is 4. The van der Waals surface area contributed by atoms with Crippen LogP contribution in [-0.2, 0) is 9.59 Å². The van der Waals surface area contributed by atoms with E-state index in [9.17, 15) is 14.0 Å². The molecule has 5 nitrogen and oxygen atoms in total. The number of carboxylic acids is 1. The first-order chi connectivity index (χ1) is 9.97. The van der Waals surface area contributed by atoms with Crippen molar-refractivity contribution in [2.75, 3.05) is 18.4 Å². The van der Waals surface area contributed by atoms with E-state index < -0.39 is 11.9 Å². The van der Waals surface area contributed by atoms with Crippen LogP contribution < -0.4 is 5.32 Å². The predicted octanol–water partition coefficient (Wildman–Crippen LogP) is 1.95. The summed E-state index contributed by atoms with van der Waals surface area (Å²) in [6, 6.07) is 6.36. The molecule has 1 unspecified atom stereocenters. The SMILES string of the molecule is CC(C(=O)O)C(=O)N1CCC(Nc2ccc(F)cc2)CC1. The lowest BCUT2D eigenvalue weighted by Crippen LogP contribution is -2.45. The van der Waals surface area contributed by atoms with E-state index in [1.807, 2.05) is 0 Å². The molecule has 1 heterocycles. The Morgan fingerprint density at radius 3 is 2.38 bits per heavy atom. The smallest absolute Gasteiger partial charge is 0.315 e. The summed E-state index contributed by atoms with van der Waals surface area (Å²) in [5.41, 5.74) is 0.847. The number of aliphatic carboxylic acids is 1. The van der Waals surface area contributed by atoms with Gasteiger partial charge in [-0.3, -0.25) is 9.59 Å². The standard InChI is InChI=1S/C15H19FN2O3/c1-10(15(20)21)14(19)18-8-6-13(7-9-18)17-12-4-2-11(16)3-5-12/h2-5,10,13,17H,6-9H2,1H3,(H,20,21). The van der Waals surface area contributed by atoms with Gasteiger partial charge in [0.2, 0.25) is 5.91 Å². The summed E-state index contributed by atoms with van der Waals surface area (Å²) < 4.78 is 12.8. The number of carbonyl (C=O) groups excluding carboxylic acids is 1. The number of piperidine rings is 1. The Morgan fingerprint density at radius 1 is 1.29 bits per heavy atom. The number of anilines is 1. The molecule has 0 saturated carbocycles. The van der Waals surface area contributed by atoms with Crippen LogP contribution in [0.15, 0.2) is 24.3 Å². The molecule has 0 aliphatic carbocycles. The molecule has 2 rings (SSSR count). The molecule has 21 heavy (non-hydrogen) atoms. The van der Waals surface area contributed by atoms with E-state index in [-0.39, 0.29) is 17.8 Å². The molecule has 0 spiro atoms. The Balaban J connectivity index is 1.84. The van der Waals surface area contributed by atoms with Crippen LogP contribution in [0.4, 0.5) is 10.1 Å². The molecule has 114 valence electrons. The Morgan fingerprint density at radius 2 is 1.86 bits per heavy atom.